The Hall–Kier alpha value is -1.36. The number of hydrogen-bond donors (Lipinski definition) is 0. The van der Waals surface area contributed by atoms with E-state index >= 15 is 0 Å². The number of fused-ring (bicyclic) bond motifs is 1. The van der Waals surface area contributed by atoms with Crippen LogP contribution < -0.4 is 4.80 Å². The number of halogens is 2. The minimum absolute atomic E-state index is 0.528. The first-order valence-corrected chi connectivity index (χ1v) is 6.70. The fourth-order valence-electron chi connectivity index (χ4n) is 1.55. The molecule has 0 saturated heterocycles. The largest absolute Gasteiger partial charge is 0.275 e. The van der Waals surface area contributed by atoms with Crippen LogP contribution in [0.2, 0.25) is 10.0 Å². The van der Waals surface area contributed by atoms with Crippen molar-refractivity contribution in [2.45, 2.75) is 0 Å². The lowest BCUT2D eigenvalue weighted by atomic mass is 10.3. The molecular formula is C12H7Cl2N3S. The molecule has 0 aliphatic heterocycles. The summed E-state index contributed by atoms with van der Waals surface area (Å²) in [7, 11) is 0. The Labute approximate surface area is 117 Å². The maximum atomic E-state index is 6.09. The van der Waals surface area contributed by atoms with Gasteiger partial charge in [-0.15, -0.1) is 0 Å². The van der Waals surface area contributed by atoms with Gasteiger partial charge in [-0.2, -0.15) is 4.37 Å². The number of benzene rings is 1. The highest BCUT2D eigenvalue weighted by molar-refractivity contribution is 7.03. The second-order valence-electron chi connectivity index (χ2n) is 3.60. The Morgan fingerprint density at radius 1 is 1.17 bits per heavy atom. The molecule has 0 saturated carbocycles. The predicted molar refractivity (Wildman–Crippen MR) is 74.8 cm³/mol. The lowest BCUT2D eigenvalue weighted by Gasteiger charge is -1.97. The molecular weight excluding hydrogens is 289 g/mol. The maximum absolute atomic E-state index is 6.09. The number of hydrogen-bond acceptors (Lipinski definition) is 3. The highest BCUT2D eigenvalue weighted by Crippen LogP contribution is 2.27. The fraction of sp³-hybridized carbons (Fsp3) is 0. The second-order valence-corrected chi connectivity index (χ2v) is 5.18. The monoisotopic (exact) mass is 295 g/mol. The number of pyridine rings is 1. The van der Waals surface area contributed by atoms with E-state index in [9.17, 15) is 0 Å². The minimum atomic E-state index is 0.528. The van der Waals surface area contributed by atoms with Gasteiger partial charge in [0.25, 0.3) is 0 Å². The summed E-state index contributed by atoms with van der Waals surface area (Å²) >= 11 is 13.3. The van der Waals surface area contributed by atoms with Crippen LogP contribution in [0.25, 0.3) is 5.65 Å². The van der Waals surface area contributed by atoms with Crippen LogP contribution in [0.3, 0.4) is 0 Å². The molecule has 0 spiro atoms. The molecule has 90 valence electrons. The van der Waals surface area contributed by atoms with Crippen molar-refractivity contribution < 1.29 is 0 Å². The van der Waals surface area contributed by atoms with Gasteiger partial charge in [0, 0.05) is 22.8 Å². The van der Waals surface area contributed by atoms with Gasteiger partial charge < -0.3 is 0 Å². The summed E-state index contributed by atoms with van der Waals surface area (Å²) in [6, 6.07) is 11.0. The van der Waals surface area contributed by atoms with E-state index < -0.39 is 0 Å². The van der Waals surface area contributed by atoms with Crippen LogP contribution in [-0.2, 0) is 0 Å². The average Bonchev–Trinajstić information content (AvgIpc) is 2.76. The molecule has 0 N–H and O–H groups in total. The highest BCUT2D eigenvalue weighted by atomic mass is 35.5. The highest BCUT2D eigenvalue weighted by Gasteiger charge is 2.01. The molecule has 0 fully saturated rings. The van der Waals surface area contributed by atoms with Crippen molar-refractivity contribution in [1.82, 2.24) is 8.77 Å². The molecule has 18 heavy (non-hydrogen) atoms. The van der Waals surface area contributed by atoms with E-state index in [0.29, 0.717) is 15.7 Å². The first-order chi connectivity index (χ1) is 8.74. The Morgan fingerprint density at radius 3 is 2.89 bits per heavy atom. The Kier molecular flexibility index (Phi) is 3.07. The molecule has 0 aliphatic rings. The van der Waals surface area contributed by atoms with E-state index in [-0.39, 0.29) is 0 Å². The van der Waals surface area contributed by atoms with E-state index in [4.69, 9.17) is 23.2 Å². The molecule has 2 aromatic heterocycles. The van der Waals surface area contributed by atoms with Gasteiger partial charge in [-0.3, -0.25) is 4.40 Å². The van der Waals surface area contributed by atoms with Gasteiger partial charge in [0.1, 0.15) is 0 Å². The zero-order valence-electron chi connectivity index (χ0n) is 9.05. The van der Waals surface area contributed by atoms with Crippen molar-refractivity contribution in [3.05, 3.63) is 57.4 Å². The molecule has 0 amide bonds. The molecule has 3 nitrogen and oxygen atoms in total. The molecule has 0 radical (unpaired) electrons. The molecule has 0 bridgehead atoms. The van der Waals surface area contributed by atoms with Crippen LogP contribution in [0.4, 0.5) is 5.69 Å². The van der Waals surface area contributed by atoms with Crippen LogP contribution in [0.15, 0.2) is 47.6 Å². The lowest BCUT2D eigenvalue weighted by Crippen LogP contribution is -2.04. The molecule has 2 heterocycles. The lowest BCUT2D eigenvalue weighted by molar-refractivity contribution is 1.09. The minimum Gasteiger partial charge on any atom is -0.275 e. The predicted octanol–water partition coefficient (Wildman–Crippen LogP) is 3.94. The third-order valence-corrected chi connectivity index (χ3v) is 3.66. The van der Waals surface area contributed by atoms with Gasteiger partial charge in [-0.1, -0.05) is 29.3 Å². The van der Waals surface area contributed by atoms with Gasteiger partial charge in [0.05, 0.1) is 10.7 Å². The standard InChI is InChI=1S/C12H7Cl2N3S/c13-8-4-5-10(9(14)7-8)15-12-17-6-2-1-3-11(17)16-18-12/h1-7H. The molecule has 0 aliphatic carbocycles. The normalized spacial score (nSPS) is 12.2. The van der Waals surface area contributed by atoms with Crippen LogP contribution in [-0.4, -0.2) is 8.77 Å². The van der Waals surface area contributed by atoms with Crippen molar-refractivity contribution in [2.75, 3.05) is 0 Å². The maximum Gasteiger partial charge on any atom is 0.213 e. The fourth-order valence-corrected chi connectivity index (χ4v) is 2.71. The zero-order chi connectivity index (χ0) is 12.5. The Morgan fingerprint density at radius 2 is 2.06 bits per heavy atom. The molecule has 3 rings (SSSR count). The number of aromatic nitrogens is 2. The van der Waals surface area contributed by atoms with E-state index in [1.54, 1.807) is 18.2 Å². The Balaban J connectivity index is 2.22. The van der Waals surface area contributed by atoms with Gasteiger partial charge in [0.15, 0.2) is 5.65 Å². The third kappa shape index (κ3) is 2.14. The van der Waals surface area contributed by atoms with E-state index in [1.807, 2.05) is 28.8 Å². The number of nitrogens with zero attached hydrogens (tertiary/aromatic N) is 3. The first-order valence-electron chi connectivity index (χ1n) is 5.17. The summed E-state index contributed by atoms with van der Waals surface area (Å²) in [4.78, 5) is 5.27. The van der Waals surface area contributed by atoms with Gasteiger partial charge in [-0.25, -0.2) is 4.99 Å². The van der Waals surface area contributed by atoms with Crippen LogP contribution >= 0.6 is 34.7 Å². The first kappa shape index (κ1) is 11.7. The van der Waals surface area contributed by atoms with Crippen molar-refractivity contribution >= 4 is 46.1 Å². The molecule has 1 aromatic carbocycles. The van der Waals surface area contributed by atoms with Crippen LogP contribution in [0, 0.1) is 0 Å². The average molecular weight is 296 g/mol. The van der Waals surface area contributed by atoms with E-state index in [2.05, 4.69) is 9.37 Å². The van der Waals surface area contributed by atoms with Crippen molar-refractivity contribution in [3.63, 3.8) is 0 Å². The summed E-state index contributed by atoms with van der Waals surface area (Å²) < 4.78 is 6.22. The van der Waals surface area contributed by atoms with E-state index in [1.165, 1.54) is 11.5 Å². The summed E-state index contributed by atoms with van der Waals surface area (Å²) in [5, 5.41) is 1.13. The summed E-state index contributed by atoms with van der Waals surface area (Å²) in [5.74, 6) is 0. The van der Waals surface area contributed by atoms with Crippen molar-refractivity contribution in [2.24, 2.45) is 4.99 Å². The van der Waals surface area contributed by atoms with Gasteiger partial charge in [0.2, 0.25) is 4.80 Å². The third-order valence-electron chi connectivity index (χ3n) is 2.39. The quantitative estimate of drug-likeness (QED) is 0.669. The molecule has 0 atom stereocenters. The van der Waals surface area contributed by atoms with Crippen LogP contribution in [0.1, 0.15) is 0 Å². The van der Waals surface area contributed by atoms with Gasteiger partial charge in [-0.05, 0) is 30.3 Å². The van der Waals surface area contributed by atoms with Crippen LogP contribution in [0.5, 0.6) is 0 Å². The summed E-state index contributed by atoms with van der Waals surface area (Å²) in [6.45, 7) is 0. The SMILES string of the molecule is Clc1ccc(N=c2snc3ccccn23)c(Cl)c1. The Bertz CT molecular complexity index is 776. The summed E-state index contributed by atoms with van der Waals surface area (Å²) in [5.41, 5.74) is 1.55. The number of rotatable bonds is 1. The van der Waals surface area contributed by atoms with Crippen molar-refractivity contribution in [1.29, 1.82) is 0 Å². The topological polar surface area (TPSA) is 29.7 Å². The van der Waals surface area contributed by atoms with Crippen molar-refractivity contribution in [3.8, 4) is 0 Å². The molecule has 0 unspecified atom stereocenters. The molecule has 3 aromatic rings. The molecule has 6 heteroatoms. The second kappa shape index (κ2) is 4.72. The van der Waals surface area contributed by atoms with E-state index in [0.717, 1.165) is 10.4 Å². The smallest absolute Gasteiger partial charge is 0.213 e. The summed E-state index contributed by atoms with van der Waals surface area (Å²) in [6.07, 6.45) is 1.92. The van der Waals surface area contributed by atoms with Gasteiger partial charge >= 0.3 is 0 Å². The zero-order valence-corrected chi connectivity index (χ0v) is 11.4.